The van der Waals surface area contributed by atoms with E-state index in [2.05, 4.69) is 38.2 Å². The maximum Gasteiger partial charge on any atom is -0.0348 e. The predicted molar refractivity (Wildman–Crippen MR) is 80.1 cm³/mol. The molecule has 0 atom stereocenters. The minimum Gasteiger partial charge on any atom is -0.0888 e. The lowest BCUT2D eigenvalue weighted by Crippen LogP contribution is -1.77. The molecule has 99 valence electrons. The Morgan fingerprint density at radius 3 is 1.82 bits per heavy atom. The molecule has 1 radical (unpaired) electrons. The van der Waals surface area contributed by atoms with Gasteiger partial charge in [0.1, 0.15) is 0 Å². The number of hydrogen-bond donors (Lipinski definition) is 0. The Morgan fingerprint density at radius 2 is 1.18 bits per heavy atom. The Balaban J connectivity index is 3.07. The summed E-state index contributed by atoms with van der Waals surface area (Å²) in [4.78, 5) is 0. The van der Waals surface area contributed by atoms with Gasteiger partial charge in [-0.25, -0.2) is 0 Å². The van der Waals surface area contributed by atoms with E-state index in [1.54, 1.807) is 0 Å². The predicted octanol–water partition coefficient (Wildman–Crippen LogP) is 6.24. The first-order chi connectivity index (χ1) is 8.41. The van der Waals surface area contributed by atoms with Crippen LogP contribution in [0.1, 0.15) is 77.6 Å². The van der Waals surface area contributed by atoms with Gasteiger partial charge in [0.05, 0.1) is 0 Å². The Hall–Kier alpha value is -0.520. The van der Waals surface area contributed by atoms with Crippen LogP contribution in [-0.4, -0.2) is 0 Å². The number of rotatable bonds is 12. The zero-order valence-electron chi connectivity index (χ0n) is 11.8. The van der Waals surface area contributed by atoms with Crippen LogP contribution in [0.5, 0.6) is 0 Å². The van der Waals surface area contributed by atoms with Gasteiger partial charge in [-0.1, -0.05) is 70.3 Å². The van der Waals surface area contributed by atoms with Gasteiger partial charge < -0.3 is 0 Å². The molecule has 0 bridgehead atoms. The molecule has 0 nitrogen and oxygen atoms in total. The monoisotopic (exact) mass is 235 g/mol. The standard InChI is InChI=1S/C17H31/c1-3-5-7-9-11-13-15-17-16-14-12-10-8-6-4-2/h6,8,16-17H,1,3-5,7,9-15H2,2H3/b8-6+,17-16+. The van der Waals surface area contributed by atoms with Crippen molar-refractivity contribution in [2.75, 3.05) is 0 Å². The molecule has 0 aromatic rings. The normalized spacial score (nSPS) is 11.9. The molecule has 0 unspecified atom stereocenters. The molecule has 0 aromatic heterocycles. The average Bonchev–Trinajstić information content (AvgIpc) is 2.35. The summed E-state index contributed by atoms with van der Waals surface area (Å²) in [6.07, 6.45) is 23.4. The van der Waals surface area contributed by atoms with Crippen molar-refractivity contribution >= 4 is 0 Å². The summed E-state index contributed by atoms with van der Waals surface area (Å²) >= 11 is 0. The molecule has 0 heterocycles. The summed E-state index contributed by atoms with van der Waals surface area (Å²) in [6.45, 7) is 6.05. The molecule has 0 amide bonds. The highest BCUT2D eigenvalue weighted by Gasteiger charge is 1.88. The first-order valence-electron chi connectivity index (χ1n) is 7.51. The third kappa shape index (κ3) is 15.5. The Labute approximate surface area is 109 Å². The maximum absolute atomic E-state index is 3.86. The summed E-state index contributed by atoms with van der Waals surface area (Å²) < 4.78 is 0. The smallest absolute Gasteiger partial charge is 0.0348 e. The summed E-state index contributed by atoms with van der Waals surface area (Å²) in [6, 6.07) is 0. The first-order valence-corrected chi connectivity index (χ1v) is 7.51. The molecule has 0 aliphatic carbocycles. The van der Waals surface area contributed by atoms with Crippen LogP contribution in [0.25, 0.3) is 0 Å². The van der Waals surface area contributed by atoms with Gasteiger partial charge in [-0.05, 0) is 38.5 Å². The molecule has 0 fully saturated rings. The lowest BCUT2D eigenvalue weighted by atomic mass is 10.1. The Kier molecular flexibility index (Phi) is 15.0. The maximum atomic E-state index is 3.86. The van der Waals surface area contributed by atoms with Gasteiger partial charge in [0, 0.05) is 0 Å². The molecule has 0 saturated carbocycles. The third-order valence-corrected chi connectivity index (χ3v) is 2.93. The van der Waals surface area contributed by atoms with Gasteiger partial charge in [-0.2, -0.15) is 0 Å². The highest BCUT2D eigenvalue weighted by Crippen LogP contribution is 2.07. The van der Waals surface area contributed by atoms with Crippen LogP contribution in [0.15, 0.2) is 24.3 Å². The fourth-order valence-electron chi connectivity index (χ4n) is 1.84. The number of hydrogen-bond acceptors (Lipinski definition) is 0. The molecule has 0 spiro atoms. The van der Waals surface area contributed by atoms with Gasteiger partial charge in [0.2, 0.25) is 0 Å². The van der Waals surface area contributed by atoms with Gasteiger partial charge >= 0.3 is 0 Å². The Morgan fingerprint density at radius 1 is 0.647 bits per heavy atom. The Bertz CT molecular complexity index is 176. The minimum atomic E-state index is 1.10. The van der Waals surface area contributed by atoms with E-state index in [9.17, 15) is 0 Å². The van der Waals surface area contributed by atoms with Crippen molar-refractivity contribution in [1.29, 1.82) is 0 Å². The molecular weight excluding hydrogens is 204 g/mol. The summed E-state index contributed by atoms with van der Waals surface area (Å²) in [7, 11) is 0. The van der Waals surface area contributed by atoms with Crippen LogP contribution in [0, 0.1) is 6.92 Å². The van der Waals surface area contributed by atoms with Crippen molar-refractivity contribution in [3.05, 3.63) is 31.2 Å². The van der Waals surface area contributed by atoms with Gasteiger partial charge in [0.15, 0.2) is 0 Å². The van der Waals surface area contributed by atoms with Crippen molar-refractivity contribution in [2.24, 2.45) is 0 Å². The number of unbranched alkanes of at least 4 members (excludes halogenated alkanes) is 8. The highest BCUT2D eigenvalue weighted by molar-refractivity contribution is 4.84. The largest absolute Gasteiger partial charge is 0.0888 e. The van der Waals surface area contributed by atoms with E-state index in [-0.39, 0.29) is 0 Å². The minimum absolute atomic E-state index is 1.10. The van der Waals surface area contributed by atoms with Crippen molar-refractivity contribution in [3.8, 4) is 0 Å². The molecular formula is C17H31. The second-order valence-corrected chi connectivity index (χ2v) is 4.69. The van der Waals surface area contributed by atoms with E-state index >= 15 is 0 Å². The van der Waals surface area contributed by atoms with Crippen LogP contribution >= 0.6 is 0 Å². The van der Waals surface area contributed by atoms with E-state index in [0.717, 1.165) is 6.42 Å². The highest BCUT2D eigenvalue weighted by atomic mass is 13.9. The zero-order chi connectivity index (χ0) is 12.6. The lowest BCUT2D eigenvalue weighted by Gasteiger charge is -1.97. The molecule has 0 aromatic carbocycles. The fourth-order valence-corrected chi connectivity index (χ4v) is 1.84. The van der Waals surface area contributed by atoms with E-state index in [1.165, 1.54) is 64.2 Å². The average molecular weight is 235 g/mol. The lowest BCUT2D eigenvalue weighted by molar-refractivity contribution is 0.621. The van der Waals surface area contributed by atoms with Crippen molar-refractivity contribution in [3.63, 3.8) is 0 Å². The molecule has 0 N–H and O–H groups in total. The fraction of sp³-hybridized carbons (Fsp3) is 0.706. The van der Waals surface area contributed by atoms with Gasteiger partial charge in [0.25, 0.3) is 0 Å². The topological polar surface area (TPSA) is 0 Å². The SMILES string of the molecule is [CH2]CCCCCCC/C=C/CCC/C=C/CC. The zero-order valence-corrected chi connectivity index (χ0v) is 11.8. The molecule has 0 aliphatic heterocycles. The number of allylic oxidation sites excluding steroid dienone is 4. The molecule has 0 aliphatic rings. The quantitative estimate of drug-likeness (QED) is 0.277. The third-order valence-electron chi connectivity index (χ3n) is 2.93. The van der Waals surface area contributed by atoms with Crippen LogP contribution in [0.4, 0.5) is 0 Å². The van der Waals surface area contributed by atoms with Crippen LogP contribution in [-0.2, 0) is 0 Å². The van der Waals surface area contributed by atoms with Gasteiger partial charge in [-0.15, -0.1) is 0 Å². The van der Waals surface area contributed by atoms with Crippen LogP contribution in [0.3, 0.4) is 0 Å². The summed E-state index contributed by atoms with van der Waals surface area (Å²) in [5, 5.41) is 0. The summed E-state index contributed by atoms with van der Waals surface area (Å²) in [5.74, 6) is 0. The van der Waals surface area contributed by atoms with Crippen molar-refractivity contribution < 1.29 is 0 Å². The second-order valence-electron chi connectivity index (χ2n) is 4.69. The molecule has 0 heteroatoms. The van der Waals surface area contributed by atoms with E-state index in [0.29, 0.717) is 0 Å². The second kappa shape index (κ2) is 15.5. The van der Waals surface area contributed by atoms with E-state index < -0.39 is 0 Å². The van der Waals surface area contributed by atoms with Crippen LogP contribution < -0.4 is 0 Å². The first kappa shape index (κ1) is 16.5. The molecule has 17 heavy (non-hydrogen) atoms. The van der Waals surface area contributed by atoms with Crippen molar-refractivity contribution in [2.45, 2.75) is 77.6 Å². The van der Waals surface area contributed by atoms with Crippen molar-refractivity contribution in [1.82, 2.24) is 0 Å². The van der Waals surface area contributed by atoms with Gasteiger partial charge in [-0.3, -0.25) is 0 Å². The van der Waals surface area contributed by atoms with E-state index in [4.69, 9.17) is 0 Å². The molecule has 0 rings (SSSR count). The van der Waals surface area contributed by atoms with Crippen LogP contribution in [0.2, 0.25) is 0 Å². The molecule has 0 saturated heterocycles. The van der Waals surface area contributed by atoms with E-state index in [1.807, 2.05) is 0 Å². The summed E-state index contributed by atoms with van der Waals surface area (Å²) in [5.41, 5.74) is 0.